The first kappa shape index (κ1) is 14.3. The number of rotatable bonds is 6. The second-order valence-corrected chi connectivity index (χ2v) is 4.22. The molecule has 6 nitrogen and oxygen atoms in total. The minimum Gasteiger partial charge on any atom is -0.492 e. The molecule has 2 aromatic carbocycles. The predicted molar refractivity (Wildman–Crippen MR) is 78.2 cm³/mol. The molecule has 0 bridgehead atoms. The van der Waals surface area contributed by atoms with E-state index in [1.54, 1.807) is 36.4 Å². The largest absolute Gasteiger partial charge is 0.492 e. The van der Waals surface area contributed by atoms with Gasteiger partial charge in [0.15, 0.2) is 0 Å². The normalized spacial score (nSPS) is 9.67. The van der Waals surface area contributed by atoms with E-state index < -0.39 is 4.92 Å². The van der Waals surface area contributed by atoms with Crippen molar-refractivity contribution in [3.05, 3.63) is 64.2 Å². The monoisotopic (exact) mass is 283 g/mol. The average molecular weight is 283 g/mol. The summed E-state index contributed by atoms with van der Waals surface area (Å²) in [7, 11) is 0. The van der Waals surface area contributed by atoms with Crippen molar-refractivity contribution in [1.29, 1.82) is 5.26 Å². The summed E-state index contributed by atoms with van der Waals surface area (Å²) in [6, 6.07) is 15.2. The average Bonchev–Trinajstić information content (AvgIpc) is 2.52. The molecule has 0 aliphatic carbocycles. The number of ether oxygens (including phenoxy) is 1. The number of nitro groups is 1. The van der Waals surface area contributed by atoms with Crippen LogP contribution in [-0.4, -0.2) is 18.1 Å². The third kappa shape index (κ3) is 4.21. The summed E-state index contributed by atoms with van der Waals surface area (Å²) in [6.07, 6.45) is 0. The lowest BCUT2D eigenvalue weighted by molar-refractivity contribution is -0.384. The van der Waals surface area contributed by atoms with E-state index in [0.29, 0.717) is 30.2 Å². The Morgan fingerprint density at radius 3 is 2.67 bits per heavy atom. The zero-order valence-corrected chi connectivity index (χ0v) is 11.2. The van der Waals surface area contributed by atoms with Crippen LogP contribution in [0.5, 0.6) is 5.75 Å². The molecule has 0 radical (unpaired) electrons. The third-order valence-corrected chi connectivity index (χ3v) is 2.74. The van der Waals surface area contributed by atoms with Gasteiger partial charge in [0.05, 0.1) is 16.6 Å². The molecule has 0 heterocycles. The molecule has 0 fully saturated rings. The van der Waals surface area contributed by atoms with Crippen molar-refractivity contribution in [3.63, 3.8) is 0 Å². The SMILES string of the molecule is N#Cc1ccc(OCCNc2cccc([N+](=O)[O-])c2)cc1. The van der Waals surface area contributed by atoms with Gasteiger partial charge in [0.1, 0.15) is 12.4 Å². The van der Waals surface area contributed by atoms with Crippen LogP contribution in [0.15, 0.2) is 48.5 Å². The van der Waals surface area contributed by atoms with Crippen LogP contribution < -0.4 is 10.1 Å². The van der Waals surface area contributed by atoms with Gasteiger partial charge in [-0.05, 0) is 30.3 Å². The topological polar surface area (TPSA) is 88.2 Å². The molecule has 106 valence electrons. The predicted octanol–water partition coefficient (Wildman–Crippen LogP) is 2.96. The van der Waals surface area contributed by atoms with Gasteiger partial charge < -0.3 is 10.1 Å². The molecule has 0 unspecified atom stereocenters. The van der Waals surface area contributed by atoms with Crippen LogP contribution >= 0.6 is 0 Å². The lowest BCUT2D eigenvalue weighted by Crippen LogP contribution is -2.11. The Labute approximate surface area is 121 Å². The zero-order valence-electron chi connectivity index (χ0n) is 11.2. The molecule has 0 aliphatic rings. The standard InChI is InChI=1S/C15H13N3O3/c16-11-12-4-6-15(7-5-12)21-9-8-17-13-2-1-3-14(10-13)18(19)20/h1-7,10,17H,8-9H2. The van der Waals surface area contributed by atoms with Gasteiger partial charge >= 0.3 is 0 Å². The summed E-state index contributed by atoms with van der Waals surface area (Å²) in [6.45, 7) is 0.926. The Morgan fingerprint density at radius 1 is 1.24 bits per heavy atom. The summed E-state index contributed by atoms with van der Waals surface area (Å²) < 4.78 is 5.50. The van der Waals surface area contributed by atoms with Crippen molar-refractivity contribution in [2.45, 2.75) is 0 Å². The molecule has 2 rings (SSSR count). The van der Waals surface area contributed by atoms with Gasteiger partial charge in [-0.3, -0.25) is 10.1 Å². The van der Waals surface area contributed by atoms with Crippen LogP contribution in [-0.2, 0) is 0 Å². The number of anilines is 1. The van der Waals surface area contributed by atoms with E-state index in [-0.39, 0.29) is 5.69 Å². The van der Waals surface area contributed by atoms with Crippen LogP contribution in [0.4, 0.5) is 11.4 Å². The van der Waals surface area contributed by atoms with Crippen LogP contribution in [0.1, 0.15) is 5.56 Å². The van der Waals surface area contributed by atoms with E-state index in [1.807, 2.05) is 6.07 Å². The van der Waals surface area contributed by atoms with Crippen molar-refractivity contribution in [2.24, 2.45) is 0 Å². The third-order valence-electron chi connectivity index (χ3n) is 2.74. The maximum Gasteiger partial charge on any atom is 0.271 e. The molecular formula is C15H13N3O3. The quantitative estimate of drug-likeness (QED) is 0.500. The second kappa shape index (κ2) is 6.91. The first-order chi connectivity index (χ1) is 10.2. The Hall–Kier alpha value is -3.07. The lowest BCUT2D eigenvalue weighted by atomic mass is 10.2. The number of benzene rings is 2. The van der Waals surface area contributed by atoms with Crippen LogP contribution in [0.3, 0.4) is 0 Å². The fourth-order valence-corrected chi connectivity index (χ4v) is 1.72. The first-order valence-electron chi connectivity index (χ1n) is 6.30. The molecule has 0 aromatic heterocycles. The number of hydrogen-bond donors (Lipinski definition) is 1. The van der Waals surface area contributed by atoms with Crippen molar-refractivity contribution >= 4 is 11.4 Å². The zero-order chi connectivity index (χ0) is 15.1. The Kier molecular flexibility index (Phi) is 4.72. The Morgan fingerprint density at radius 2 is 2.00 bits per heavy atom. The number of non-ortho nitro benzene ring substituents is 1. The van der Waals surface area contributed by atoms with Crippen LogP contribution in [0.2, 0.25) is 0 Å². The summed E-state index contributed by atoms with van der Waals surface area (Å²) in [5, 5.41) is 22.4. The van der Waals surface area contributed by atoms with Crippen molar-refractivity contribution in [1.82, 2.24) is 0 Å². The second-order valence-electron chi connectivity index (χ2n) is 4.22. The van der Waals surface area contributed by atoms with Crippen molar-refractivity contribution in [2.75, 3.05) is 18.5 Å². The highest BCUT2D eigenvalue weighted by atomic mass is 16.6. The number of nitrogens with zero attached hydrogens (tertiary/aromatic N) is 2. The number of nitriles is 1. The Balaban J connectivity index is 1.80. The smallest absolute Gasteiger partial charge is 0.271 e. The van der Waals surface area contributed by atoms with Crippen molar-refractivity contribution < 1.29 is 9.66 Å². The summed E-state index contributed by atoms with van der Waals surface area (Å²) >= 11 is 0. The summed E-state index contributed by atoms with van der Waals surface area (Å²) in [5.74, 6) is 0.676. The Bertz CT molecular complexity index is 663. The van der Waals surface area contributed by atoms with E-state index in [1.165, 1.54) is 12.1 Å². The van der Waals surface area contributed by atoms with Gasteiger partial charge in [-0.15, -0.1) is 0 Å². The van der Waals surface area contributed by atoms with Gasteiger partial charge in [-0.1, -0.05) is 6.07 Å². The van der Waals surface area contributed by atoms with Gasteiger partial charge in [0.25, 0.3) is 5.69 Å². The first-order valence-corrected chi connectivity index (χ1v) is 6.30. The molecule has 21 heavy (non-hydrogen) atoms. The highest BCUT2D eigenvalue weighted by Crippen LogP contribution is 2.17. The molecule has 1 N–H and O–H groups in total. The molecular weight excluding hydrogens is 270 g/mol. The van der Waals surface area contributed by atoms with Crippen molar-refractivity contribution in [3.8, 4) is 11.8 Å². The molecule has 2 aromatic rings. The van der Waals surface area contributed by atoms with Gasteiger partial charge in [-0.2, -0.15) is 5.26 Å². The maximum absolute atomic E-state index is 10.7. The molecule has 0 saturated heterocycles. The minimum atomic E-state index is -0.432. The fourth-order valence-electron chi connectivity index (χ4n) is 1.72. The van der Waals surface area contributed by atoms with E-state index in [2.05, 4.69) is 5.32 Å². The number of hydrogen-bond acceptors (Lipinski definition) is 5. The molecule has 0 saturated carbocycles. The molecule has 6 heteroatoms. The lowest BCUT2D eigenvalue weighted by Gasteiger charge is -2.08. The molecule has 0 aliphatic heterocycles. The molecule has 0 amide bonds. The highest BCUT2D eigenvalue weighted by Gasteiger charge is 2.04. The van der Waals surface area contributed by atoms with Gasteiger partial charge in [-0.25, -0.2) is 0 Å². The number of nitro benzene ring substituents is 1. The summed E-state index contributed by atoms with van der Waals surface area (Å²) in [4.78, 5) is 10.2. The van der Waals surface area contributed by atoms with E-state index in [0.717, 1.165) is 0 Å². The van der Waals surface area contributed by atoms with Gasteiger partial charge in [0.2, 0.25) is 0 Å². The number of nitrogens with one attached hydrogen (secondary N) is 1. The fraction of sp³-hybridized carbons (Fsp3) is 0.133. The minimum absolute atomic E-state index is 0.0491. The molecule has 0 spiro atoms. The van der Waals surface area contributed by atoms with E-state index in [9.17, 15) is 10.1 Å². The van der Waals surface area contributed by atoms with E-state index >= 15 is 0 Å². The summed E-state index contributed by atoms with van der Waals surface area (Å²) in [5.41, 5.74) is 1.30. The molecule has 0 atom stereocenters. The maximum atomic E-state index is 10.7. The highest BCUT2D eigenvalue weighted by molar-refractivity contribution is 5.50. The van der Waals surface area contributed by atoms with Crippen LogP contribution in [0, 0.1) is 21.4 Å². The van der Waals surface area contributed by atoms with Crippen LogP contribution in [0.25, 0.3) is 0 Å². The van der Waals surface area contributed by atoms with E-state index in [4.69, 9.17) is 10.00 Å². The van der Waals surface area contributed by atoms with Gasteiger partial charge in [0, 0.05) is 24.4 Å².